The first-order chi connectivity index (χ1) is 6.74. The molecule has 0 N–H and O–H groups in total. The van der Waals surface area contributed by atoms with Crippen LogP contribution in [0.15, 0.2) is 34.3 Å². The first kappa shape index (κ1) is 8.94. The van der Waals surface area contributed by atoms with Crippen molar-refractivity contribution in [3.05, 3.63) is 35.4 Å². The van der Waals surface area contributed by atoms with Gasteiger partial charge in [0, 0.05) is 32.3 Å². The lowest BCUT2D eigenvalue weighted by atomic mass is 10.1. The molecule has 0 unspecified atom stereocenters. The number of amidine groups is 2. The van der Waals surface area contributed by atoms with E-state index in [9.17, 15) is 0 Å². The zero-order chi connectivity index (χ0) is 10.1. The molecular formula is C11H13N3. The number of rotatable bonds is 0. The molecule has 2 rings (SSSR count). The van der Waals surface area contributed by atoms with E-state index in [-0.39, 0.29) is 0 Å². The summed E-state index contributed by atoms with van der Waals surface area (Å²) in [5.74, 6) is 1.81. The second kappa shape index (κ2) is 3.25. The summed E-state index contributed by atoms with van der Waals surface area (Å²) < 4.78 is 0. The Morgan fingerprint density at radius 1 is 1.14 bits per heavy atom. The van der Waals surface area contributed by atoms with Crippen LogP contribution in [-0.2, 0) is 0 Å². The Morgan fingerprint density at radius 3 is 2.36 bits per heavy atom. The third-order valence-corrected chi connectivity index (χ3v) is 2.26. The van der Waals surface area contributed by atoms with E-state index < -0.39 is 0 Å². The summed E-state index contributed by atoms with van der Waals surface area (Å²) >= 11 is 0. The Bertz CT molecular complexity index is 416. The van der Waals surface area contributed by atoms with E-state index in [1.807, 2.05) is 31.1 Å². The zero-order valence-corrected chi connectivity index (χ0v) is 8.65. The molecule has 3 heteroatoms. The highest BCUT2D eigenvalue weighted by Gasteiger charge is 2.21. The standard InChI is InChI=1S/C11H13N3/c1-12-10-8-6-4-5-7-9(8)11(13-10)14(2)3/h4-7H,1-3H3. The molecule has 0 spiro atoms. The van der Waals surface area contributed by atoms with Crippen LogP contribution in [0.5, 0.6) is 0 Å². The van der Waals surface area contributed by atoms with E-state index in [0.717, 1.165) is 22.8 Å². The third kappa shape index (κ3) is 1.21. The average molecular weight is 187 g/mol. The molecule has 0 bridgehead atoms. The van der Waals surface area contributed by atoms with Crippen LogP contribution in [0.25, 0.3) is 0 Å². The van der Waals surface area contributed by atoms with Crippen LogP contribution in [0.4, 0.5) is 0 Å². The number of hydrogen-bond acceptors (Lipinski definition) is 2. The number of nitrogens with zero attached hydrogens (tertiary/aromatic N) is 3. The molecule has 1 aliphatic rings. The van der Waals surface area contributed by atoms with Crippen LogP contribution in [0.1, 0.15) is 11.1 Å². The number of hydrogen-bond donors (Lipinski definition) is 0. The van der Waals surface area contributed by atoms with Gasteiger partial charge >= 0.3 is 0 Å². The molecule has 0 saturated carbocycles. The Kier molecular flexibility index (Phi) is 2.08. The average Bonchev–Trinajstić information content (AvgIpc) is 2.56. The fourth-order valence-corrected chi connectivity index (χ4v) is 1.61. The van der Waals surface area contributed by atoms with Gasteiger partial charge < -0.3 is 4.90 Å². The summed E-state index contributed by atoms with van der Waals surface area (Å²) in [6.45, 7) is 0. The first-order valence-electron chi connectivity index (χ1n) is 4.56. The minimum absolute atomic E-state index is 0.823. The van der Waals surface area contributed by atoms with E-state index >= 15 is 0 Å². The maximum absolute atomic E-state index is 4.47. The second-order valence-electron chi connectivity index (χ2n) is 3.42. The highest BCUT2D eigenvalue weighted by atomic mass is 15.2. The van der Waals surface area contributed by atoms with Crippen molar-refractivity contribution in [2.75, 3.05) is 21.1 Å². The molecule has 0 radical (unpaired) electrons. The maximum Gasteiger partial charge on any atom is 0.157 e. The summed E-state index contributed by atoms with van der Waals surface area (Å²) in [5.41, 5.74) is 2.29. The Labute approximate surface area is 83.8 Å². The summed E-state index contributed by atoms with van der Waals surface area (Å²) in [6, 6.07) is 8.17. The van der Waals surface area contributed by atoms with Crippen LogP contribution >= 0.6 is 0 Å². The van der Waals surface area contributed by atoms with Crippen LogP contribution in [-0.4, -0.2) is 37.7 Å². The van der Waals surface area contributed by atoms with E-state index in [4.69, 9.17) is 0 Å². The van der Waals surface area contributed by atoms with E-state index in [2.05, 4.69) is 22.1 Å². The van der Waals surface area contributed by atoms with E-state index in [1.165, 1.54) is 0 Å². The topological polar surface area (TPSA) is 28.0 Å². The van der Waals surface area contributed by atoms with Crippen molar-refractivity contribution < 1.29 is 0 Å². The largest absolute Gasteiger partial charge is 0.362 e. The molecule has 0 fully saturated rings. The van der Waals surface area contributed by atoms with Crippen molar-refractivity contribution >= 4 is 11.7 Å². The molecule has 3 nitrogen and oxygen atoms in total. The fraction of sp³-hybridized carbons (Fsp3) is 0.273. The molecule has 0 aliphatic carbocycles. The molecule has 0 atom stereocenters. The molecule has 0 aromatic heterocycles. The molecule has 1 heterocycles. The molecule has 1 aliphatic heterocycles. The molecule has 1 aromatic carbocycles. The van der Waals surface area contributed by atoms with Crippen molar-refractivity contribution in [3.63, 3.8) is 0 Å². The smallest absolute Gasteiger partial charge is 0.157 e. The second-order valence-corrected chi connectivity index (χ2v) is 3.42. The molecular weight excluding hydrogens is 174 g/mol. The van der Waals surface area contributed by atoms with Crippen molar-refractivity contribution in [2.24, 2.45) is 9.98 Å². The third-order valence-electron chi connectivity index (χ3n) is 2.26. The minimum Gasteiger partial charge on any atom is -0.362 e. The van der Waals surface area contributed by atoms with Gasteiger partial charge in [0.05, 0.1) is 0 Å². The quantitative estimate of drug-likeness (QED) is 0.603. The van der Waals surface area contributed by atoms with Crippen molar-refractivity contribution in [1.82, 2.24) is 4.90 Å². The fourth-order valence-electron chi connectivity index (χ4n) is 1.61. The Morgan fingerprint density at radius 2 is 1.79 bits per heavy atom. The number of aliphatic imine (C=N–C) groups is 2. The van der Waals surface area contributed by atoms with Crippen LogP contribution in [0.2, 0.25) is 0 Å². The van der Waals surface area contributed by atoms with Gasteiger partial charge in [-0.1, -0.05) is 24.3 Å². The van der Waals surface area contributed by atoms with Gasteiger partial charge in [0.15, 0.2) is 5.84 Å². The predicted octanol–water partition coefficient (Wildman–Crippen LogP) is 1.38. The van der Waals surface area contributed by atoms with Crippen LogP contribution in [0.3, 0.4) is 0 Å². The minimum atomic E-state index is 0.823. The zero-order valence-electron chi connectivity index (χ0n) is 8.65. The van der Waals surface area contributed by atoms with Gasteiger partial charge in [0.25, 0.3) is 0 Å². The van der Waals surface area contributed by atoms with Gasteiger partial charge in [-0.15, -0.1) is 0 Å². The van der Waals surface area contributed by atoms with Crippen LogP contribution < -0.4 is 0 Å². The van der Waals surface area contributed by atoms with Crippen molar-refractivity contribution in [3.8, 4) is 0 Å². The van der Waals surface area contributed by atoms with E-state index in [0.29, 0.717) is 0 Å². The highest BCUT2D eigenvalue weighted by Crippen LogP contribution is 2.19. The number of fused-ring (bicyclic) bond motifs is 1. The van der Waals surface area contributed by atoms with Gasteiger partial charge in [-0.25, -0.2) is 4.99 Å². The summed E-state index contributed by atoms with van der Waals surface area (Å²) in [4.78, 5) is 10.6. The highest BCUT2D eigenvalue weighted by molar-refractivity contribution is 6.22. The molecule has 0 amide bonds. The van der Waals surface area contributed by atoms with Gasteiger partial charge in [0.1, 0.15) is 5.84 Å². The summed E-state index contributed by atoms with van der Waals surface area (Å²) in [5, 5.41) is 0. The van der Waals surface area contributed by atoms with Gasteiger partial charge in [-0.2, -0.15) is 0 Å². The molecule has 0 saturated heterocycles. The Balaban J connectivity index is 2.60. The maximum atomic E-state index is 4.47. The van der Waals surface area contributed by atoms with Gasteiger partial charge in [0.2, 0.25) is 0 Å². The number of benzene rings is 1. The lowest BCUT2D eigenvalue weighted by Crippen LogP contribution is -2.21. The lowest BCUT2D eigenvalue weighted by Gasteiger charge is -2.11. The predicted molar refractivity (Wildman–Crippen MR) is 59.1 cm³/mol. The summed E-state index contributed by atoms with van der Waals surface area (Å²) in [7, 11) is 5.76. The molecule has 72 valence electrons. The molecule has 14 heavy (non-hydrogen) atoms. The lowest BCUT2D eigenvalue weighted by molar-refractivity contribution is 0.626. The normalized spacial score (nSPS) is 16.8. The van der Waals surface area contributed by atoms with Crippen LogP contribution in [0, 0.1) is 0 Å². The SMILES string of the molecule is CN=C1N=C(N(C)C)c2ccccc21. The van der Waals surface area contributed by atoms with Crippen molar-refractivity contribution in [2.45, 2.75) is 0 Å². The van der Waals surface area contributed by atoms with Gasteiger partial charge in [-0.05, 0) is 0 Å². The summed E-state index contributed by atoms with van der Waals surface area (Å²) in [6.07, 6.45) is 0. The molecule has 1 aromatic rings. The van der Waals surface area contributed by atoms with E-state index in [1.54, 1.807) is 7.05 Å². The monoisotopic (exact) mass is 187 g/mol. The Hall–Kier alpha value is -1.64. The first-order valence-corrected chi connectivity index (χ1v) is 4.56. The van der Waals surface area contributed by atoms with Crippen molar-refractivity contribution in [1.29, 1.82) is 0 Å². The van der Waals surface area contributed by atoms with Gasteiger partial charge in [-0.3, -0.25) is 4.99 Å².